The highest BCUT2D eigenvalue weighted by molar-refractivity contribution is 5.22. The fourth-order valence-corrected chi connectivity index (χ4v) is 2.70. The molecule has 13 heavy (non-hydrogen) atoms. The van der Waals surface area contributed by atoms with E-state index in [-0.39, 0.29) is 0 Å². The lowest BCUT2D eigenvalue weighted by Gasteiger charge is -2.34. The van der Waals surface area contributed by atoms with Gasteiger partial charge in [0.25, 0.3) is 0 Å². The van der Waals surface area contributed by atoms with Crippen molar-refractivity contribution in [3.8, 4) is 0 Å². The number of hydrogen-bond donors (Lipinski definition) is 0. The van der Waals surface area contributed by atoms with Crippen LogP contribution in [0.5, 0.6) is 0 Å². The number of allylic oxidation sites excluding steroid dienone is 4. The summed E-state index contributed by atoms with van der Waals surface area (Å²) in [5, 5.41) is 0. The van der Waals surface area contributed by atoms with E-state index in [2.05, 4.69) is 32.1 Å². The van der Waals surface area contributed by atoms with Gasteiger partial charge < -0.3 is 0 Å². The Balaban J connectivity index is 2.03. The summed E-state index contributed by atoms with van der Waals surface area (Å²) in [6.45, 7) is 4.75. The maximum atomic E-state index is 2.37. The van der Waals surface area contributed by atoms with E-state index in [9.17, 15) is 0 Å². The molecule has 0 aromatic carbocycles. The minimum absolute atomic E-state index is 0.882. The van der Waals surface area contributed by atoms with E-state index in [4.69, 9.17) is 0 Å². The van der Waals surface area contributed by atoms with Gasteiger partial charge in [-0.2, -0.15) is 0 Å². The minimum Gasteiger partial charge on any atom is -0.0839 e. The fourth-order valence-electron chi connectivity index (χ4n) is 2.70. The molecule has 72 valence electrons. The molecule has 1 fully saturated rings. The molecule has 0 aromatic rings. The van der Waals surface area contributed by atoms with E-state index in [1.807, 2.05) is 0 Å². The Morgan fingerprint density at radius 3 is 3.00 bits per heavy atom. The number of fused-ring (bicyclic) bond motifs is 1. The van der Waals surface area contributed by atoms with Crippen LogP contribution in [0.2, 0.25) is 0 Å². The second kappa shape index (κ2) is 3.69. The van der Waals surface area contributed by atoms with Crippen LogP contribution in [0.3, 0.4) is 0 Å². The SMILES string of the molecule is CC(C)C1CCC2=CC=CCC2C1. The number of rotatable bonds is 1. The molecule has 2 rings (SSSR count). The Morgan fingerprint density at radius 1 is 1.38 bits per heavy atom. The van der Waals surface area contributed by atoms with Crippen molar-refractivity contribution in [2.24, 2.45) is 17.8 Å². The summed E-state index contributed by atoms with van der Waals surface area (Å²) in [6, 6.07) is 0. The first kappa shape index (κ1) is 9.05. The molecule has 0 aliphatic heterocycles. The molecular formula is C13H20. The molecule has 0 nitrogen and oxygen atoms in total. The maximum absolute atomic E-state index is 2.37. The van der Waals surface area contributed by atoms with Gasteiger partial charge in [0, 0.05) is 0 Å². The Bertz CT molecular complexity index is 232. The minimum atomic E-state index is 0.882. The molecule has 0 aromatic heterocycles. The zero-order chi connectivity index (χ0) is 9.26. The molecule has 2 atom stereocenters. The lowest BCUT2D eigenvalue weighted by atomic mass is 9.71. The topological polar surface area (TPSA) is 0 Å². The van der Waals surface area contributed by atoms with Gasteiger partial charge in [0.1, 0.15) is 0 Å². The summed E-state index contributed by atoms with van der Waals surface area (Å²) in [5.41, 5.74) is 1.72. The molecule has 0 heteroatoms. The quantitative estimate of drug-likeness (QED) is 0.567. The van der Waals surface area contributed by atoms with E-state index in [0.29, 0.717) is 0 Å². The van der Waals surface area contributed by atoms with E-state index in [0.717, 1.165) is 17.8 Å². The summed E-state index contributed by atoms with van der Waals surface area (Å²) in [6.07, 6.45) is 12.4. The summed E-state index contributed by atoms with van der Waals surface area (Å²) >= 11 is 0. The molecular weight excluding hydrogens is 156 g/mol. The van der Waals surface area contributed by atoms with Crippen LogP contribution in [0.4, 0.5) is 0 Å². The normalized spacial score (nSPS) is 33.0. The zero-order valence-electron chi connectivity index (χ0n) is 8.79. The molecule has 0 N–H and O–H groups in total. The summed E-state index contributed by atoms with van der Waals surface area (Å²) in [7, 11) is 0. The van der Waals surface area contributed by atoms with Crippen molar-refractivity contribution < 1.29 is 0 Å². The Labute approximate surface area is 81.7 Å². The monoisotopic (exact) mass is 176 g/mol. The molecule has 2 aliphatic carbocycles. The van der Waals surface area contributed by atoms with Crippen molar-refractivity contribution in [3.63, 3.8) is 0 Å². The highest BCUT2D eigenvalue weighted by Crippen LogP contribution is 2.40. The summed E-state index contributed by atoms with van der Waals surface area (Å²) in [4.78, 5) is 0. The lowest BCUT2D eigenvalue weighted by Crippen LogP contribution is -2.22. The van der Waals surface area contributed by atoms with Gasteiger partial charge in [0.2, 0.25) is 0 Å². The average molecular weight is 176 g/mol. The molecule has 1 saturated carbocycles. The third kappa shape index (κ3) is 1.87. The van der Waals surface area contributed by atoms with Crippen molar-refractivity contribution in [1.29, 1.82) is 0 Å². The van der Waals surface area contributed by atoms with Crippen molar-refractivity contribution >= 4 is 0 Å². The Morgan fingerprint density at radius 2 is 2.23 bits per heavy atom. The largest absolute Gasteiger partial charge is 0.0839 e. The second-order valence-corrected chi connectivity index (χ2v) is 4.88. The fraction of sp³-hybridized carbons (Fsp3) is 0.692. The predicted molar refractivity (Wildman–Crippen MR) is 57.5 cm³/mol. The van der Waals surface area contributed by atoms with Gasteiger partial charge in [-0.25, -0.2) is 0 Å². The van der Waals surface area contributed by atoms with Gasteiger partial charge in [-0.1, -0.05) is 37.6 Å². The van der Waals surface area contributed by atoms with Crippen LogP contribution in [0.25, 0.3) is 0 Å². The van der Waals surface area contributed by atoms with Gasteiger partial charge in [0.05, 0.1) is 0 Å². The third-order valence-electron chi connectivity index (χ3n) is 3.73. The van der Waals surface area contributed by atoms with E-state index in [1.165, 1.54) is 25.7 Å². The van der Waals surface area contributed by atoms with Crippen LogP contribution in [0, 0.1) is 17.8 Å². The molecule has 2 aliphatic rings. The first-order chi connectivity index (χ1) is 6.27. The first-order valence-corrected chi connectivity index (χ1v) is 5.63. The average Bonchev–Trinajstić information content (AvgIpc) is 2.17. The van der Waals surface area contributed by atoms with Crippen molar-refractivity contribution in [2.75, 3.05) is 0 Å². The van der Waals surface area contributed by atoms with E-state index in [1.54, 1.807) is 5.57 Å². The van der Waals surface area contributed by atoms with Crippen molar-refractivity contribution in [2.45, 2.75) is 39.5 Å². The van der Waals surface area contributed by atoms with Crippen LogP contribution in [-0.2, 0) is 0 Å². The second-order valence-electron chi connectivity index (χ2n) is 4.88. The Kier molecular flexibility index (Phi) is 2.57. The van der Waals surface area contributed by atoms with E-state index >= 15 is 0 Å². The van der Waals surface area contributed by atoms with Crippen LogP contribution >= 0.6 is 0 Å². The van der Waals surface area contributed by atoms with Crippen LogP contribution in [0.15, 0.2) is 23.8 Å². The van der Waals surface area contributed by atoms with Gasteiger partial charge in [-0.3, -0.25) is 0 Å². The first-order valence-electron chi connectivity index (χ1n) is 5.63. The summed E-state index contributed by atoms with van der Waals surface area (Å²) in [5.74, 6) is 2.76. The van der Waals surface area contributed by atoms with Gasteiger partial charge >= 0.3 is 0 Å². The zero-order valence-corrected chi connectivity index (χ0v) is 8.79. The molecule has 0 amide bonds. The smallest absolute Gasteiger partial charge is 0.0163 e. The van der Waals surface area contributed by atoms with Crippen LogP contribution in [0.1, 0.15) is 39.5 Å². The molecule has 0 heterocycles. The third-order valence-corrected chi connectivity index (χ3v) is 3.73. The van der Waals surface area contributed by atoms with Crippen molar-refractivity contribution in [1.82, 2.24) is 0 Å². The van der Waals surface area contributed by atoms with E-state index < -0.39 is 0 Å². The van der Waals surface area contributed by atoms with Gasteiger partial charge in [0.15, 0.2) is 0 Å². The molecule has 0 bridgehead atoms. The maximum Gasteiger partial charge on any atom is -0.0163 e. The lowest BCUT2D eigenvalue weighted by molar-refractivity contribution is 0.260. The van der Waals surface area contributed by atoms with Crippen LogP contribution in [-0.4, -0.2) is 0 Å². The molecule has 0 radical (unpaired) electrons. The Hall–Kier alpha value is -0.520. The van der Waals surface area contributed by atoms with Gasteiger partial charge in [-0.15, -0.1) is 0 Å². The molecule has 0 saturated heterocycles. The highest BCUT2D eigenvalue weighted by atomic mass is 14.3. The standard InChI is InChI=1S/C13H20/c1-10(2)12-8-7-11-5-3-4-6-13(11)9-12/h3-5,10,12-13H,6-9H2,1-2H3. The summed E-state index contributed by atoms with van der Waals surface area (Å²) < 4.78 is 0. The molecule has 0 spiro atoms. The predicted octanol–water partition coefficient (Wildman–Crippen LogP) is 3.95. The number of hydrogen-bond acceptors (Lipinski definition) is 0. The van der Waals surface area contributed by atoms with Gasteiger partial charge in [-0.05, 0) is 43.4 Å². The highest BCUT2D eigenvalue weighted by Gasteiger charge is 2.27. The van der Waals surface area contributed by atoms with Crippen molar-refractivity contribution in [3.05, 3.63) is 23.8 Å². The molecule has 2 unspecified atom stereocenters. The van der Waals surface area contributed by atoms with Crippen LogP contribution < -0.4 is 0 Å².